The van der Waals surface area contributed by atoms with Gasteiger partial charge in [-0.15, -0.1) is 0 Å². The molecule has 0 unspecified atom stereocenters. The van der Waals surface area contributed by atoms with Gasteiger partial charge in [0, 0.05) is 11.6 Å². The highest BCUT2D eigenvalue weighted by Crippen LogP contribution is 2.39. The Kier molecular flexibility index (Phi) is 4.18. The summed E-state index contributed by atoms with van der Waals surface area (Å²) >= 11 is 5.82. The molecule has 22 heavy (non-hydrogen) atoms. The molecule has 2 heterocycles. The molecule has 4 atom stereocenters. The molecule has 0 radical (unpaired) electrons. The van der Waals surface area contributed by atoms with Gasteiger partial charge in [-0.05, 0) is 24.1 Å². The third-order valence-electron chi connectivity index (χ3n) is 4.11. The summed E-state index contributed by atoms with van der Waals surface area (Å²) in [6.07, 6.45) is 3.24. The van der Waals surface area contributed by atoms with E-state index in [4.69, 9.17) is 16.3 Å². The molecule has 2 aliphatic rings. The number of carboxylic acids is 1. The van der Waals surface area contributed by atoms with Gasteiger partial charge in [-0.25, -0.2) is 0 Å². The second-order valence-corrected chi connectivity index (χ2v) is 5.94. The molecule has 1 fully saturated rings. The highest BCUT2D eigenvalue weighted by molar-refractivity contribution is 6.30. The van der Waals surface area contributed by atoms with Gasteiger partial charge in [0.05, 0.1) is 18.1 Å². The zero-order valence-electron chi connectivity index (χ0n) is 11.7. The maximum atomic E-state index is 12.3. The average Bonchev–Trinajstić information content (AvgIpc) is 3.09. The monoisotopic (exact) mass is 321 g/mol. The van der Waals surface area contributed by atoms with Crippen LogP contribution in [0.15, 0.2) is 36.4 Å². The SMILES string of the molecule is O=C(O)[C@@H]1[C@@H](C(=O)NCCc2ccc(Cl)cc2)[C@H]2C=C[C@H]1O2. The number of halogens is 1. The Morgan fingerprint density at radius 3 is 2.41 bits per heavy atom. The number of carboxylic acid groups (broad SMARTS) is 1. The van der Waals surface area contributed by atoms with Crippen LogP contribution >= 0.6 is 11.6 Å². The molecule has 1 aromatic rings. The molecule has 1 aromatic carbocycles. The Balaban J connectivity index is 1.56. The number of fused-ring (bicyclic) bond motifs is 2. The molecular formula is C16H16ClNO4. The van der Waals surface area contributed by atoms with Crippen molar-refractivity contribution >= 4 is 23.5 Å². The van der Waals surface area contributed by atoms with E-state index in [1.165, 1.54) is 0 Å². The number of aliphatic carboxylic acids is 1. The number of amides is 1. The first kappa shape index (κ1) is 15.1. The summed E-state index contributed by atoms with van der Waals surface area (Å²) in [5.41, 5.74) is 1.06. The molecule has 6 heteroatoms. The van der Waals surface area contributed by atoms with E-state index < -0.39 is 30.0 Å². The summed E-state index contributed by atoms with van der Waals surface area (Å²) in [5.74, 6) is -2.71. The largest absolute Gasteiger partial charge is 0.481 e. The molecule has 2 aliphatic heterocycles. The minimum absolute atomic E-state index is 0.266. The lowest BCUT2D eigenvalue weighted by molar-refractivity contribution is -0.146. The number of nitrogens with one attached hydrogen (secondary N) is 1. The van der Waals surface area contributed by atoms with Gasteiger partial charge in [-0.2, -0.15) is 0 Å². The van der Waals surface area contributed by atoms with Gasteiger partial charge in [0.1, 0.15) is 5.92 Å². The normalized spacial score (nSPS) is 28.8. The topological polar surface area (TPSA) is 75.6 Å². The van der Waals surface area contributed by atoms with E-state index in [1.807, 2.05) is 12.1 Å². The summed E-state index contributed by atoms with van der Waals surface area (Å²) in [6, 6.07) is 7.40. The summed E-state index contributed by atoms with van der Waals surface area (Å²) in [6.45, 7) is 0.449. The van der Waals surface area contributed by atoms with Crippen molar-refractivity contribution in [3.8, 4) is 0 Å². The van der Waals surface area contributed by atoms with Crippen molar-refractivity contribution in [3.63, 3.8) is 0 Å². The number of hydrogen-bond acceptors (Lipinski definition) is 3. The fraction of sp³-hybridized carbons (Fsp3) is 0.375. The number of hydrogen-bond donors (Lipinski definition) is 2. The predicted octanol–water partition coefficient (Wildman–Crippen LogP) is 1.65. The van der Waals surface area contributed by atoms with Crippen molar-refractivity contribution in [3.05, 3.63) is 47.0 Å². The fourth-order valence-corrected chi connectivity index (χ4v) is 3.14. The Bertz CT molecular complexity index is 613. The van der Waals surface area contributed by atoms with Crippen molar-refractivity contribution in [1.29, 1.82) is 0 Å². The zero-order chi connectivity index (χ0) is 15.7. The third kappa shape index (κ3) is 2.87. The summed E-state index contributed by atoms with van der Waals surface area (Å²) in [5, 5.41) is 12.8. The molecule has 5 nitrogen and oxygen atoms in total. The maximum Gasteiger partial charge on any atom is 0.310 e. The Morgan fingerprint density at radius 1 is 1.14 bits per heavy atom. The smallest absolute Gasteiger partial charge is 0.310 e. The van der Waals surface area contributed by atoms with Crippen LogP contribution in [0.4, 0.5) is 0 Å². The lowest BCUT2D eigenvalue weighted by Crippen LogP contribution is -2.43. The van der Waals surface area contributed by atoms with Gasteiger partial charge in [-0.1, -0.05) is 35.9 Å². The molecule has 2 bridgehead atoms. The second-order valence-electron chi connectivity index (χ2n) is 5.51. The van der Waals surface area contributed by atoms with Gasteiger partial charge in [0.25, 0.3) is 0 Å². The average molecular weight is 322 g/mol. The summed E-state index contributed by atoms with van der Waals surface area (Å²) in [7, 11) is 0. The van der Waals surface area contributed by atoms with Crippen molar-refractivity contribution in [1.82, 2.24) is 5.32 Å². The highest BCUT2D eigenvalue weighted by Gasteiger charge is 2.53. The Morgan fingerprint density at radius 2 is 1.77 bits per heavy atom. The van der Waals surface area contributed by atoms with Crippen LogP contribution < -0.4 is 5.32 Å². The molecule has 0 aliphatic carbocycles. The Hall–Kier alpha value is -1.85. The van der Waals surface area contributed by atoms with Crippen LogP contribution in [-0.4, -0.2) is 35.7 Å². The fourth-order valence-electron chi connectivity index (χ4n) is 3.01. The van der Waals surface area contributed by atoms with Crippen LogP contribution in [0.25, 0.3) is 0 Å². The van der Waals surface area contributed by atoms with Crippen LogP contribution in [0.5, 0.6) is 0 Å². The first-order valence-corrected chi connectivity index (χ1v) is 7.53. The van der Waals surface area contributed by atoms with E-state index in [-0.39, 0.29) is 5.91 Å². The molecule has 0 aromatic heterocycles. The number of carbonyl (C=O) groups excluding carboxylic acids is 1. The van der Waals surface area contributed by atoms with Crippen LogP contribution in [0.2, 0.25) is 5.02 Å². The Labute approximate surface area is 132 Å². The molecule has 1 amide bonds. The van der Waals surface area contributed by atoms with Crippen molar-refractivity contribution in [2.45, 2.75) is 18.6 Å². The van der Waals surface area contributed by atoms with Crippen LogP contribution in [0.1, 0.15) is 5.56 Å². The quantitative estimate of drug-likeness (QED) is 0.809. The van der Waals surface area contributed by atoms with Gasteiger partial charge in [0.2, 0.25) is 5.91 Å². The molecule has 0 saturated carbocycles. The zero-order valence-corrected chi connectivity index (χ0v) is 12.5. The second kappa shape index (κ2) is 6.10. The van der Waals surface area contributed by atoms with E-state index in [9.17, 15) is 14.7 Å². The number of ether oxygens (including phenoxy) is 1. The van der Waals surface area contributed by atoms with Gasteiger partial charge in [0.15, 0.2) is 0 Å². The van der Waals surface area contributed by atoms with Crippen molar-refractivity contribution in [2.24, 2.45) is 11.8 Å². The molecule has 1 saturated heterocycles. The minimum atomic E-state index is -0.991. The van der Waals surface area contributed by atoms with E-state index in [0.717, 1.165) is 5.56 Å². The summed E-state index contributed by atoms with van der Waals surface area (Å²) < 4.78 is 5.49. The highest BCUT2D eigenvalue weighted by atomic mass is 35.5. The lowest BCUT2D eigenvalue weighted by Gasteiger charge is -2.20. The van der Waals surface area contributed by atoms with Crippen molar-refractivity contribution < 1.29 is 19.4 Å². The maximum absolute atomic E-state index is 12.3. The first-order chi connectivity index (χ1) is 10.6. The van der Waals surface area contributed by atoms with Crippen LogP contribution in [0.3, 0.4) is 0 Å². The molecule has 2 N–H and O–H groups in total. The van der Waals surface area contributed by atoms with E-state index in [1.54, 1.807) is 24.3 Å². The van der Waals surface area contributed by atoms with Gasteiger partial charge < -0.3 is 15.2 Å². The van der Waals surface area contributed by atoms with E-state index >= 15 is 0 Å². The minimum Gasteiger partial charge on any atom is -0.481 e. The predicted molar refractivity (Wildman–Crippen MR) is 80.6 cm³/mol. The van der Waals surface area contributed by atoms with Crippen molar-refractivity contribution in [2.75, 3.05) is 6.54 Å². The number of rotatable bonds is 5. The molecule has 116 valence electrons. The van der Waals surface area contributed by atoms with Crippen LogP contribution in [-0.2, 0) is 20.7 Å². The number of benzene rings is 1. The molecule has 0 spiro atoms. The number of carbonyl (C=O) groups is 2. The molecule has 3 rings (SSSR count). The summed E-state index contributed by atoms with van der Waals surface area (Å²) in [4.78, 5) is 23.6. The van der Waals surface area contributed by atoms with Crippen LogP contribution in [0, 0.1) is 11.8 Å². The van der Waals surface area contributed by atoms with Gasteiger partial charge in [-0.3, -0.25) is 9.59 Å². The first-order valence-electron chi connectivity index (χ1n) is 7.15. The molecular weight excluding hydrogens is 306 g/mol. The standard InChI is InChI=1S/C16H16ClNO4/c17-10-3-1-9(2-4-10)7-8-18-15(19)13-11-5-6-12(22-11)14(13)16(20)21/h1-6,11-14H,7-8H2,(H,18,19)(H,20,21)/t11-,12-,13+,14+/m1/s1. The van der Waals surface area contributed by atoms with Gasteiger partial charge >= 0.3 is 5.97 Å². The van der Waals surface area contributed by atoms with E-state index in [0.29, 0.717) is 18.0 Å². The van der Waals surface area contributed by atoms with E-state index in [2.05, 4.69) is 5.32 Å². The lowest BCUT2D eigenvalue weighted by atomic mass is 9.82. The third-order valence-corrected chi connectivity index (χ3v) is 4.37.